The van der Waals surface area contributed by atoms with E-state index in [9.17, 15) is 25.2 Å². The number of hydrogen-bond donors (Lipinski definition) is 4. The van der Waals surface area contributed by atoms with Crippen molar-refractivity contribution in [2.75, 3.05) is 13.2 Å². The van der Waals surface area contributed by atoms with Gasteiger partial charge in [-0.25, -0.2) is 0 Å². The molecule has 0 aliphatic carbocycles. The van der Waals surface area contributed by atoms with Gasteiger partial charge in [0, 0.05) is 23.5 Å². The number of carbonyl (C=O) groups is 1. The number of allylic oxidation sites excluding steroid dienone is 1. The Labute approximate surface area is 244 Å². The Hall–Kier alpha value is -4.91. The van der Waals surface area contributed by atoms with E-state index in [1.165, 1.54) is 12.1 Å². The molecule has 42 heavy (non-hydrogen) atoms. The second-order valence-electron chi connectivity index (χ2n) is 11.2. The minimum absolute atomic E-state index is 0.0514. The monoisotopic (exact) mass is 566 g/mol. The molecule has 0 aromatic heterocycles. The zero-order valence-corrected chi connectivity index (χ0v) is 23.6. The van der Waals surface area contributed by atoms with Gasteiger partial charge in [0.1, 0.15) is 41.1 Å². The lowest BCUT2D eigenvalue weighted by Gasteiger charge is -2.42. The topological polar surface area (TPSA) is 116 Å². The molecule has 0 bridgehead atoms. The molecule has 7 nitrogen and oxygen atoms in total. The summed E-state index contributed by atoms with van der Waals surface area (Å²) in [6.07, 6.45) is 2.74. The first kappa shape index (κ1) is 28.6. The highest BCUT2D eigenvalue weighted by molar-refractivity contribution is 6.07. The van der Waals surface area contributed by atoms with Gasteiger partial charge in [0.2, 0.25) is 0 Å². The summed E-state index contributed by atoms with van der Waals surface area (Å²) in [7, 11) is 0. The lowest BCUT2D eigenvalue weighted by Crippen LogP contribution is -2.42. The Balaban J connectivity index is 0.000000169. The van der Waals surface area contributed by atoms with Crippen molar-refractivity contribution < 1.29 is 34.7 Å². The minimum Gasteiger partial charge on any atom is -0.508 e. The smallest absolute Gasteiger partial charge is 0.180 e. The normalized spacial score (nSPS) is 22.3. The van der Waals surface area contributed by atoms with Crippen molar-refractivity contribution in [3.05, 3.63) is 120 Å². The first-order chi connectivity index (χ1) is 20.0. The van der Waals surface area contributed by atoms with Crippen LogP contribution in [0.15, 0.2) is 97.6 Å². The second-order valence-corrected chi connectivity index (χ2v) is 11.2. The van der Waals surface area contributed by atoms with Gasteiger partial charge in [-0.2, -0.15) is 0 Å². The number of benzene rings is 4. The van der Waals surface area contributed by atoms with E-state index in [4.69, 9.17) is 9.47 Å². The molecule has 3 atom stereocenters. The standard InChI is InChI=1S/C19H20O3.C16H14O4/c1-3-4-17-16-10-9-15(21)11-18(16)22-12-19(17,2)13-5-7-14(20)8-6-13;1-16(10-2-4-11(17)5-3-10)9-20-14-8-12(18)6-7-13(14)15(16)19/h3,5-11,17,20-21H,1,4,12H2,2H3;2-8,17-18H,9H2,1H3/t17-,19?;/m0./s1. The minimum atomic E-state index is -0.794. The van der Waals surface area contributed by atoms with Gasteiger partial charge in [0.15, 0.2) is 5.78 Å². The first-order valence-corrected chi connectivity index (χ1v) is 13.7. The third-order valence-corrected chi connectivity index (χ3v) is 8.33. The van der Waals surface area contributed by atoms with Gasteiger partial charge >= 0.3 is 0 Å². The fraction of sp³-hybridized carbons (Fsp3) is 0.229. The average Bonchev–Trinajstić information content (AvgIpc) is 2.98. The molecule has 0 radical (unpaired) electrons. The highest BCUT2D eigenvalue weighted by atomic mass is 16.5. The summed E-state index contributed by atoms with van der Waals surface area (Å²) in [6, 6.07) is 23.6. The number of carbonyl (C=O) groups excluding carboxylic acids is 1. The van der Waals surface area contributed by atoms with Crippen LogP contribution < -0.4 is 9.47 Å². The van der Waals surface area contributed by atoms with E-state index in [1.807, 2.05) is 31.2 Å². The fourth-order valence-corrected chi connectivity index (χ4v) is 5.73. The van der Waals surface area contributed by atoms with Crippen LogP contribution >= 0.6 is 0 Å². The molecule has 0 saturated heterocycles. The molecule has 2 unspecified atom stereocenters. The zero-order chi connectivity index (χ0) is 30.1. The number of hydrogen-bond acceptors (Lipinski definition) is 7. The maximum absolute atomic E-state index is 12.7. The van der Waals surface area contributed by atoms with Crippen molar-refractivity contribution in [3.63, 3.8) is 0 Å². The number of Topliss-reactive ketones (excluding diaryl/α,β-unsaturated/α-hetero) is 1. The van der Waals surface area contributed by atoms with Crippen LogP contribution in [0.25, 0.3) is 0 Å². The molecule has 0 spiro atoms. The van der Waals surface area contributed by atoms with E-state index in [-0.39, 0.29) is 46.7 Å². The van der Waals surface area contributed by atoms with Crippen molar-refractivity contribution in [1.82, 2.24) is 0 Å². The van der Waals surface area contributed by atoms with E-state index in [0.717, 1.165) is 28.9 Å². The zero-order valence-electron chi connectivity index (χ0n) is 23.6. The van der Waals surface area contributed by atoms with Crippen molar-refractivity contribution >= 4 is 5.78 Å². The summed E-state index contributed by atoms with van der Waals surface area (Å²) in [5, 5.41) is 38.0. The molecular weight excluding hydrogens is 532 g/mol. The first-order valence-electron chi connectivity index (χ1n) is 13.7. The molecule has 7 heteroatoms. The van der Waals surface area contributed by atoms with Crippen LogP contribution in [0.3, 0.4) is 0 Å². The van der Waals surface area contributed by atoms with Crippen LogP contribution in [0, 0.1) is 0 Å². The Bertz CT molecular complexity index is 1610. The summed E-state index contributed by atoms with van der Waals surface area (Å²) in [4.78, 5) is 12.7. The van der Waals surface area contributed by atoms with Crippen LogP contribution in [0.5, 0.6) is 34.5 Å². The highest BCUT2D eigenvalue weighted by Crippen LogP contribution is 2.49. The van der Waals surface area contributed by atoms with Crippen molar-refractivity contribution in [2.24, 2.45) is 0 Å². The maximum atomic E-state index is 12.7. The molecule has 4 aromatic carbocycles. The van der Waals surface area contributed by atoms with Crippen LogP contribution in [0.4, 0.5) is 0 Å². The predicted molar refractivity (Wildman–Crippen MR) is 160 cm³/mol. The van der Waals surface area contributed by atoms with Gasteiger partial charge in [-0.3, -0.25) is 4.79 Å². The summed E-state index contributed by atoms with van der Waals surface area (Å²) < 4.78 is 11.6. The highest BCUT2D eigenvalue weighted by Gasteiger charge is 2.43. The van der Waals surface area contributed by atoms with Crippen LogP contribution in [-0.2, 0) is 10.8 Å². The van der Waals surface area contributed by atoms with Crippen molar-refractivity contribution in [3.8, 4) is 34.5 Å². The van der Waals surface area contributed by atoms with Gasteiger partial charge in [-0.15, -0.1) is 6.58 Å². The van der Waals surface area contributed by atoms with Gasteiger partial charge < -0.3 is 29.9 Å². The van der Waals surface area contributed by atoms with Crippen molar-refractivity contribution in [1.29, 1.82) is 0 Å². The molecule has 0 amide bonds. The van der Waals surface area contributed by atoms with Gasteiger partial charge in [-0.05, 0) is 72.5 Å². The summed E-state index contributed by atoms with van der Waals surface area (Å²) in [5.74, 6) is 2.01. The fourth-order valence-electron chi connectivity index (χ4n) is 5.73. The number of aromatic hydroxyl groups is 4. The van der Waals surface area contributed by atoms with E-state index in [2.05, 4.69) is 13.5 Å². The quantitative estimate of drug-likeness (QED) is 0.202. The molecule has 0 saturated carbocycles. The number of phenolic OH excluding ortho intramolecular Hbond substituents is 4. The molecule has 2 aliphatic heterocycles. The number of rotatable bonds is 4. The SMILES string of the molecule is C=CC[C@H]1c2ccc(O)cc2OCC1(C)c1ccc(O)cc1.CC1(c2ccc(O)cc2)COc2cc(O)ccc2C1=O. The van der Waals surface area contributed by atoms with Gasteiger partial charge in [0.05, 0.1) is 17.6 Å². The lowest BCUT2D eigenvalue weighted by atomic mass is 9.66. The molecule has 4 N–H and O–H groups in total. The van der Waals surface area contributed by atoms with Crippen LogP contribution in [0.2, 0.25) is 0 Å². The Morgan fingerprint density at radius 1 is 0.738 bits per heavy atom. The second kappa shape index (κ2) is 11.2. The summed E-state index contributed by atoms with van der Waals surface area (Å²) in [6.45, 7) is 8.60. The predicted octanol–water partition coefficient (Wildman–Crippen LogP) is 6.74. The summed E-state index contributed by atoms with van der Waals surface area (Å²) in [5.41, 5.74) is 2.45. The molecule has 4 aromatic rings. The Morgan fingerprint density at radius 2 is 1.26 bits per heavy atom. The summed E-state index contributed by atoms with van der Waals surface area (Å²) >= 11 is 0. The molecular formula is C35H34O7. The third kappa shape index (κ3) is 5.26. The Kier molecular flexibility index (Phi) is 7.61. The number of ketones is 1. The van der Waals surface area contributed by atoms with Crippen molar-refractivity contribution in [2.45, 2.75) is 37.0 Å². The average molecular weight is 567 g/mol. The molecule has 6 rings (SSSR count). The van der Waals surface area contributed by atoms with Crippen LogP contribution in [0.1, 0.15) is 53.2 Å². The Morgan fingerprint density at radius 3 is 1.88 bits per heavy atom. The van der Waals surface area contributed by atoms with E-state index in [1.54, 1.807) is 54.6 Å². The largest absolute Gasteiger partial charge is 0.508 e. The van der Waals surface area contributed by atoms with Gasteiger partial charge in [-0.1, -0.05) is 43.3 Å². The molecule has 2 heterocycles. The van der Waals surface area contributed by atoms with E-state index < -0.39 is 5.41 Å². The lowest BCUT2D eigenvalue weighted by molar-refractivity contribution is 0.0791. The van der Waals surface area contributed by atoms with E-state index in [0.29, 0.717) is 17.9 Å². The molecule has 0 fully saturated rings. The molecule has 216 valence electrons. The maximum Gasteiger partial charge on any atom is 0.180 e. The number of fused-ring (bicyclic) bond motifs is 2. The van der Waals surface area contributed by atoms with Gasteiger partial charge in [0.25, 0.3) is 0 Å². The van der Waals surface area contributed by atoms with E-state index >= 15 is 0 Å². The number of ether oxygens (including phenoxy) is 2. The molecule has 2 aliphatic rings. The van der Waals surface area contributed by atoms with Crippen LogP contribution in [-0.4, -0.2) is 39.4 Å². The third-order valence-electron chi connectivity index (χ3n) is 8.33. The number of phenols is 4.